The molecule has 104 valence electrons. The molecule has 1 unspecified atom stereocenters. The monoisotopic (exact) mass is 258 g/mol. The van der Waals surface area contributed by atoms with Gasteiger partial charge in [0.25, 0.3) is 0 Å². The third-order valence-electron chi connectivity index (χ3n) is 3.83. The molecule has 6 nitrogen and oxygen atoms in total. The van der Waals surface area contributed by atoms with Crippen LogP contribution in [0.1, 0.15) is 26.7 Å². The zero-order valence-corrected chi connectivity index (χ0v) is 11.0. The molecule has 1 heterocycles. The summed E-state index contributed by atoms with van der Waals surface area (Å²) in [5.74, 6) is -1.08. The van der Waals surface area contributed by atoms with Gasteiger partial charge in [0, 0.05) is 13.1 Å². The fourth-order valence-electron chi connectivity index (χ4n) is 2.25. The van der Waals surface area contributed by atoms with Gasteiger partial charge in [0.2, 0.25) is 5.91 Å². The highest BCUT2D eigenvalue weighted by molar-refractivity contribution is 5.84. The summed E-state index contributed by atoms with van der Waals surface area (Å²) in [6, 6.07) is 0. The van der Waals surface area contributed by atoms with E-state index in [-0.39, 0.29) is 25.6 Å². The first-order chi connectivity index (χ1) is 8.50. The van der Waals surface area contributed by atoms with Crippen molar-refractivity contribution >= 4 is 11.9 Å². The van der Waals surface area contributed by atoms with Gasteiger partial charge in [-0.15, -0.1) is 0 Å². The van der Waals surface area contributed by atoms with Gasteiger partial charge < -0.3 is 20.5 Å². The average Bonchev–Trinajstić information content (AvgIpc) is 2.41. The number of carbonyl (C=O) groups is 2. The SMILES string of the molecule is CCC(CC)(CN)C(=O)N1CCOC(C(=O)O)C1. The molecule has 0 aromatic rings. The van der Waals surface area contributed by atoms with Crippen LogP contribution in [0.15, 0.2) is 0 Å². The number of hydrogen-bond acceptors (Lipinski definition) is 4. The molecule has 1 aliphatic heterocycles. The van der Waals surface area contributed by atoms with E-state index in [4.69, 9.17) is 15.6 Å². The minimum Gasteiger partial charge on any atom is -0.479 e. The Labute approximate surface area is 107 Å². The molecule has 18 heavy (non-hydrogen) atoms. The maximum absolute atomic E-state index is 12.5. The molecule has 1 saturated heterocycles. The van der Waals surface area contributed by atoms with Crippen LogP contribution in [0, 0.1) is 5.41 Å². The number of ether oxygens (including phenoxy) is 1. The van der Waals surface area contributed by atoms with Crippen LogP contribution in [0.5, 0.6) is 0 Å². The first-order valence-electron chi connectivity index (χ1n) is 6.34. The number of carbonyl (C=O) groups excluding carboxylic acids is 1. The Morgan fingerprint density at radius 2 is 2.06 bits per heavy atom. The first-order valence-corrected chi connectivity index (χ1v) is 6.34. The fourth-order valence-corrected chi connectivity index (χ4v) is 2.25. The first kappa shape index (κ1) is 14.9. The lowest BCUT2D eigenvalue weighted by molar-refractivity contribution is -0.162. The van der Waals surface area contributed by atoms with Crippen molar-refractivity contribution in [1.29, 1.82) is 0 Å². The summed E-state index contributed by atoms with van der Waals surface area (Å²) in [5, 5.41) is 8.92. The Hall–Kier alpha value is -1.14. The Morgan fingerprint density at radius 3 is 2.50 bits per heavy atom. The van der Waals surface area contributed by atoms with Crippen LogP contribution < -0.4 is 5.73 Å². The molecule has 0 aromatic heterocycles. The van der Waals surface area contributed by atoms with Crippen molar-refractivity contribution in [3.63, 3.8) is 0 Å². The molecule has 0 radical (unpaired) electrons. The van der Waals surface area contributed by atoms with Crippen molar-refractivity contribution in [3.8, 4) is 0 Å². The largest absolute Gasteiger partial charge is 0.479 e. The number of hydrogen-bond donors (Lipinski definition) is 2. The molecular formula is C12H22N2O4. The lowest BCUT2D eigenvalue weighted by Crippen LogP contribution is -2.54. The number of nitrogens with two attached hydrogens (primary N) is 1. The van der Waals surface area contributed by atoms with Crippen LogP contribution in [0.25, 0.3) is 0 Å². The molecular weight excluding hydrogens is 236 g/mol. The van der Waals surface area contributed by atoms with Crippen LogP contribution >= 0.6 is 0 Å². The molecule has 0 aliphatic carbocycles. The topological polar surface area (TPSA) is 92.9 Å². The standard InChI is InChI=1S/C12H22N2O4/c1-3-12(4-2,8-13)11(17)14-5-6-18-9(7-14)10(15)16/h9H,3-8,13H2,1-2H3,(H,15,16). The van der Waals surface area contributed by atoms with E-state index in [0.717, 1.165) is 0 Å². The van der Waals surface area contributed by atoms with Crippen molar-refractivity contribution in [2.45, 2.75) is 32.8 Å². The molecule has 1 aliphatic rings. The van der Waals surface area contributed by atoms with Gasteiger partial charge in [0.05, 0.1) is 18.6 Å². The molecule has 0 spiro atoms. The van der Waals surface area contributed by atoms with Crippen molar-refractivity contribution in [1.82, 2.24) is 4.90 Å². The molecule has 1 rings (SSSR count). The zero-order valence-electron chi connectivity index (χ0n) is 11.0. The van der Waals surface area contributed by atoms with Crippen LogP contribution in [0.2, 0.25) is 0 Å². The van der Waals surface area contributed by atoms with E-state index in [0.29, 0.717) is 19.4 Å². The average molecular weight is 258 g/mol. The smallest absolute Gasteiger partial charge is 0.334 e. The van der Waals surface area contributed by atoms with E-state index < -0.39 is 17.5 Å². The minimum atomic E-state index is -1.03. The molecule has 1 fully saturated rings. The Morgan fingerprint density at radius 1 is 1.44 bits per heavy atom. The minimum absolute atomic E-state index is 0.0513. The quantitative estimate of drug-likeness (QED) is 0.727. The van der Waals surface area contributed by atoms with Gasteiger partial charge in [-0.25, -0.2) is 4.79 Å². The third kappa shape index (κ3) is 2.81. The van der Waals surface area contributed by atoms with Crippen molar-refractivity contribution in [2.24, 2.45) is 11.1 Å². The van der Waals surface area contributed by atoms with E-state index in [1.54, 1.807) is 4.90 Å². The van der Waals surface area contributed by atoms with E-state index >= 15 is 0 Å². The van der Waals surface area contributed by atoms with Crippen molar-refractivity contribution in [2.75, 3.05) is 26.2 Å². The molecule has 1 amide bonds. The lowest BCUT2D eigenvalue weighted by atomic mass is 9.80. The summed E-state index contributed by atoms with van der Waals surface area (Å²) >= 11 is 0. The molecule has 0 bridgehead atoms. The maximum atomic E-state index is 12.5. The van der Waals surface area contributed by atoms with E-state index in [1.165, 1.54) is 0 Å². The van der Waals surface area contributed by atoms with Crippen LogP contribution in [0.4, 0.5) is 0 Å². The Kier molecular flexibility index (Phi) is 5.10. The van der Waals surface area contributed by atoms with Gasteiger partial charge in [0.15, 0.2) is 6.10 Å². The predicted octanol–water partition coefficient (Wildman–Crippen LogP) is 0.0635. The van der Waals surface area contributed by atoms with Crippen LogP contribution in [-0.4, -0.2) is 54.2 Å². The number of amides is 1. The number of morpholine rings is 1. The highest BCUT2D eigenvalue weighted by Crippen LogP contribution is 2.28. The molecule has 1 atom stereocenters. The summed E-state index contributed by atoms with van der Waals surface area (Å²) in [7, 11) is 0. The van der Waals surface area contributed by atoms with Gasteiger partial charge in [0.1, 0.15) is 0 Å². The second-order valence-electron chi connectivity index (χ2n) is 4.64. The van der Waals surface area contributed by atoms with E-state index in [1.807, 2.05) is 13.8 Å². The summed E-state index contributed by atoms with van der Waals surface area (Å²) < 4.78 is 5.11. The predicted molar refractivity (Wildman–Crippen MR) is 66.0 cm³/mol. The molecule has 0 saturated carbocycles. The highest BCUT2D eigenvalue weighted by Gasteiger charge is 2.39. The number of nitrogens with zero attached hydrogens (tertiary/aromatic N) is 1. The number of aliphatic carboxylic acids is 1. The van der Waals surface area contributed by atoms with Gasteiger partial charge in [-0.2, -0.15) is 0 Å². The van der Waals surface area contributed by atoms with Crippen molar-refractivity contribution < 1.29 is 19.4 Å². The number of carboxylic acids is 1. The Bertz CT molecular complexity index is 307. The summed E-state index contributed by atoms with van der Waals surface area (Å²) in [6.07, 6.45) is 0.397. The van der Waals surface area contributed by atoms with Gasteiger partial charge in [-0.3, -0.25) is 4.79 Å². The fraction of sp³-hybridized carbons (Fsp3) is 0.833. The maximum Gasteiger partial charge on any atom is 0.334 e. The second-order valence-corrected chi connectivity index (χ2v) is 4.64. The van der Waals surface area contributed by atoms with Gasteiger partial charge in [-0.1, -0.05) is 13.8 Å². The Balaban J connectivity index is 2.79. The third-order valence-corrected chi connectivity index (χ3v) is 3.83. The van der Waals surface area contributed by atoms with E-state index in [9.17, 15) is 9.59 Å². The molecule has 0 aromatic carbocycles. The van der Waals surface area contributed by atoms with Crippen LogP contribution in [-0.2, 0) is 14.3 Å². The van der Waals surface area contributed by atoms with Gasteiger partial charge in [-0.05, 0) is 12.8 Å². The van der Waals surface area contributed by atoms with Gasteiger partial charge >= 0.3 is 5.97 Å². The molecule has 3 N–H and O–H groups in total. The van der Waals surface area contributed by atoms with Crippen LogP contribution in [0.3, 0.4) is 0 Å². The van der Waals surface area contributed by atoms with Crippen molar-refractivity contribution in [3.05, 3.63) is 0 Å². The highest BCUT2D eigenvalue weighted by atomic mass is 16.5. The number of carboxylic acid groups (broad SMARTS) is 1. The summed E-state index contributed by atoms with van der Waals surface area (Å²) in [5.41, 5.74) is 5.17. The lowest BCUT2D eigenvalue weighted by Gasteiger charge is -2.38. The van der Waals surface area contributed by atoms with E-state index in [2.05, 4.69) is 0 Å². The normalized spacial score (nSPS) is 20.8. The molecule has 6 heteroatoms. The second kappa shape index (κ2) is 6.15. The number of rotatable bonds is 5. The zero-order chi connectivity index (χ0) is 13.8. The summed E-state index contributed by atoms with van der Waals surface area (Å²) in [4.78, 5) is 24.9. The summed E-state index contributed by atoms with van der Waals surface area (Å²) in [6.45, 7) is 4.96.